The van der Waals surface area contributed by atoms with Gasteiger partial charge in [-0.1, -0.05) is 5.92 Å². The molecule has 1 saturated carbocycles. The van der Waals surface area contributed by atoms with E-state index >= 15 is 0 Å². The predicted octanol–water partition coefficient (Wildman–Crippen LogP) is -0.325. The van der Waals surface area contributed by atoms with Crippen LogP contribution in [0.25, 0.3) is 0 Å². The van der Waals surface area contributed by atoms with Gasteiger partial charge in [-0.25, -0.2) is 0 Å². The third-order valence-electron chi connectivity index (χ3n) is 5.19. The summed E-state index contributed by atoms with van der Waals surface area (Å²) in [6.07, 6.45) is 3.34. The summed E-state index contributed by atoms with van der Waals surface area (Å²) in [6, 6.07) is 6.83. The summed E-state index contributed by atoms with van der Waals surface area (Å²) < 4.78 is 0. The number of thiocarbonyl (C=S) groups is 1. The van der Waals surface area contributed by atoms with Gasteiger partial charge >= 0.3 is 0 Å². The lowest BCUT2D eigenvalue weighted by molar-refractivity contribution is -0.130. The Kier molecular flexibility index (Phi) is 5.56. The number of amides is 1. The second kappa shape index (κ2) is 7.72. The van der Waals surface area contributed by atoms with E-state index in [2.05, 4.69) is 16.6 Å². The Morgan fingerprint density at radius 2 is 2.07 bits per heavy atom. The number of terminal acetylenes is 1. The number of nitrogens with one attached hydrogen (secondary N) is 2. The fraction of sp³-hybridized carbons (Fsp3) is 0.474. The maximum atomic E-state index is 12.7. The van der Waals surface area contributed by atoms with Crippen molar-refractivity contribution in [3.63, 3.8) is 0 Å². The van der Waals surface area contributed by atoms with E-state index in [0.29, 0.717) is 5.11 Å². The highest BCUT2D eigenvalue weighted by Gasteiger charge is 2.53. The lowest BCUT2D eigenvalue weighted by atomic mass is 9.77. The van der Waals surface area contributed by atoms with Gasteiger partial charge < -0.3 is 30.6 Å². The van der Waals surface area contributed by atoms with Crippen LogP contribution in [0.1, 0.15) is 6.42 Å². The molecule has 1 saturated heterocycles. The van der Waals surface area contributed by atoms with Crippen molar-refractivity contribution in [1.82, 2.24) is 10.6 Å². The Balaban J connectivity index is 1.95. The zero-order chi connectivity index (χ0) is 19.7. The highest BCUT2D eigenvalue weighted by Crippen LogP contribution is 2.37. The summed E-state index contributed by atoms with van der Waals surface area (Å²) in [5.74, 6) is 1.56. The molecule has 3 rings (SSSR count). The van der Waals surface area contributed by atoms with Gasteiger partial charge in [0.2, 0.25) is 5.91 Å². The van der Waals surface area contributed by atoms with Gasteiger partial charge in [-0.3, -0.25) is 4.79 Å². The van der Waals surface area contributed by atoms with Gasteiger partial charge in [0.25, 0.3) is 0 Å². The second-order valence-corrected chi connectivity index (χ2v) is 7.46. The molecule has 144 valence electrons. The van der Waals surface area contributed by atoms with E-state index in [1.165, 1.54) is 0 Å². The Bertz CT molecular complexity index is 761. The molecule has 2 fully saturated rings. The third-order valence-corrected chi connectivity index (χ3v) is 5.51. The molecular formula is C19H24N4O3S. The standard InChI is InChI=1S/C19H24N4O3S/c1-4-9-20-18(26)13-10-14(24)17(25)15-16(13)23(19(27)21-15)12-7-5-11(6-8-12)22(2)3/h1,5-8,13-17,24-25H,9-10H2,2-3H3,(H,20,26)(H,21,27). The van der Waals surface area contributed by atoms with Crippen molar-refractivity contribution in [3.8, 4) is 12.3 Å². The monoisotopic (exact) mass is 388 g/mol. The molecule has 0 aromatic heterocycles. The molecule has 5 unspecified atom stereocenters. The van der Waals surface area contributed by atoms with Crippen molar-refractivity contribution in [1.29, 1.82) is 0 Å². The van der Waals surface area contributed by atoms with E-state index in [1.54, 1.807) is 0 Å². The molecule has 1 heterocycles. The predicted molar refractivity (Wildman–Crippen MR) is 109 cm³/mol. The van der Waals surface area contributed by atoms with Gasteiger partial charge in [-0.05, 0) is 42.9 Å². The normalized spacial score (nSPS) is 29.5. The lowest BCUT2D eigenvalue weighted by Crippen LogP contribution is -2.61. The largest absolute Gasteiger partial charge is 0.390 e. The lowest BCUT2D eigenvalue weighted by Gasteiger charge is -2.41. The number of carbonyl (C=O) groups excluding carboxylic acids is 1. The molecule has 27 heavy (non-hydrogen) atoms. The number of anilines is 2. The number of hydrogen-bond donors (Lipinski definition) is 4. The quantitative estimate of drug-likeness (QED) is 0.415. The van der Waals surface area contributed by atoms with Crippen LogP contribution in [0.15, 0.2) is 24.3 Å². The van der Waals surface area contributed by atoms with Gasteiger partial charge in [0.15, 0.2) is 5.11 Å². The number of hydrogen-bond acceptors (Lipinski definition) is 5. The molecule has 1 aliphatic carbocycles. The molecule has 4 N–H and O–H groups in total. The number of aliphatic hydroxyl groups excluding tert-OH is 2. The number of carbonyl (C=O) groups is 1. The number of fused-ring (bicyclic) bond motifs is 1. The van der Waals surface area contributed by atoms with Crippen LogP contribution in [-0.2, 0) is 4.79 Å². The molecule has 2 aliphatic rings. The Labute approximate surface area is 164 Å². The minimum absolute atomic E-state index is 0.112. The SMILES string of the molecule is C#CCNC(=O)C1CC(O)C(O)C2NC(=S)N(c3ccc(N(C)C)cc3)C12. The average Bonchev–Trinajstić information content (AvgIpc) is 3.00. The maximum absolute atomic E-state index is 12.7. The minimum Gasteiger partial charge on any atom is -0.390 e. The summed E-state index contributed by atoms with van der Waals surface area (Å²) in [6.45, 7) is 0.112. The van der Waals surface area contributed by atoms with E-state index in [4.69, 9.17) is 18.6 Å². The fourth-order valence-electron chi connectivity index (χ4n) is 3.82. The number of aliphatic hydroxyl groups is 2. The van der Waals surface area contributed by atoms with Crippen LogP contribution in [0.3, 0.4) is 0 Å². The Morgan fingerprint density at radius 3 is 2.67 bits per heavy atom. The van der Waals surface area contributed by atoms with Crippen LogP contribution in [0.5, 0.6) is 0 Å². The molecule has 5 atom stereocenters. The van der Waals surface area contributed by atoms with Gasteiger partial charge in [0, 0.05) is 25.5 Å². The van der Waals surface area contributed by atoms with Crippen molar-refractivity contribution in [2.24, 2.45) is 5.92 Å². The molecule has 0 radical (unpaired) electrons. The summed E-state index contributed by atoms with van der Waals surface area (Å²) in [5.41, 5.74) is 1.86. The summed E-state index contributed by atoms with van der Waals surface area (Å²) in [5, 5.41) is 26.9. The van der Waals surface area contributed by atoms with E-state index < -0.39 is 30.2 Å². The van der Waals surface area contributed by atoms with Crippen LogP contribution in [-0.4, -0.2) is 66.2 Å². The molecule has 0 bridgehead atoms. The van der Waals surface area contributed by atoms with Crippen LogP contribution in [0.4, 0.5) is 11.4 Å². The van der Waals surface area contributed by atoms with Crippen molar-refractivity contribution < 1.29 is 15.0 Å². The first-order chi connectivity index (χ1) is 12.8. The topological polar surface area (TPSA) is 88.1 Å². The van der Waals surface area contributed by atoms with Gasteiger partial charge in [0.05, 0.1) is 30.7 Å². The first kappa shape index (κ1) is 19.4. The van der Waals surface area contributed by atoms with Crippen molar-refractivity contribution in [2.45, 2.75) is 30.7 Å². The molecule has 1 amide bonds. The summed E-state index contributed by atoms with van der Waals surface area (Å²) in [4.78, 5) is 16.5. The van der Waals surface area contributed by atoms with Gasteiger partial charge in [-0.2, -0.15) is 0 Å². The Morgan fingerprint density at radius 1 is 1.41 bits per heavy atom. The summed E-state index contributed by atoms with van der Waals surface area (Å²) in [7, 11) is 3.91. The minimum atomic E-state index is -1.02. The number of benzene rings is 1. The molecule has 7 nitrogen and oxygen atoms in total. The van der Waals surface area contributed by atoms with E-state index in [0.717, 1.165) is 11.4 Å². The molecule has 8 heteroatoms. The van der Waals surface area contributed by atoms with Crippen LogP contribution in [0.2, 0.25) is 0 Å². The third kappa shape index (κ3) is 3.58. The number of rotatable bonds is 4. The molecular weight excluding hydrogens is 364 g/mol. The Hall–Kier alpha value is -2.34. The first-order valence-electron chi connectivity index (χ1n) is 8.79. The van der Waals surface area contributed by atoms with E-state index in [1.807, 2.05) is 48.2 Å². The molecule has 1 aromatic carbocycles. The molecule has 0 spiro atoms. The first-order valence-corrected chi connectivity index (χ1v) is 9.20. The molecule has 1 aromatic rings. The highest BCUT2D eigenvalue weighted by molar-refractivity contribution is 7.80. The van der Waals surface area contributed by atoms with E-state index in [9.17, 15) is 15.0 Å². The van der Waals surface area contributed by atoms with Gasteiger partial charge in [-0.15, -0.1) is 6.42 Å². The average molecular weight is 388 g/mol. The van der Waals surface area contributed by atoms with Crippen LogP contribution >= 0.6 is 12.2 Å². The van der Waals surface area contributed by atoms with Crippen molar-refractivity contribution >= 4 is 34.6 Å². The number of nitrogens with zero attached hydrogens (tertiary/aromatic N) is 2. The smallest absolute Gasteiger partial charge is 0.226 e. The second-order valence-electron chi connectivity index (χ2n) is 7.07. The zero-order valence-corrected chi connectivity index (χ0v) is 16.1. The zero-order valence-electron chi connectivity index (χ0n) is 15.3. The maximum Gasteiger partial charge on any atom is 0.226 e. The van der Waals surface area contributed by atoms with Gasteiger partial charge in [0.1, 0.15) is 6.10 Å². The van der Waals surface area contributed by atoms with Crippen molar-refractivity contribution in [2.75, 3.05) is 30.4 Å². The van der Waals surface area contributed by atoms with E-state index in [-0.39, 0.29) is 18.9 Å². The van der Waals surface area contributed by atoms with Crippen molar-refractivity contribution in [3.05, 3.63) is 24.3 Å². The fourth-order valence-corrected chi connectivity index (χ4v) is 4.18. The van der Waals surface area contributed by atoms with Crippen LogP contribution < -0.4 is 20.4 Å². The summed E-state index contributed by atoms with van der Waals surface area (Å²) >= 11 is 5.49. The highest BCUT2D eigenvalue weighted by atomic mass is 32.1. The van der Waals surface area contributed by atoms with Crippen LogP contribution in [0, 0.1) is 18.3 Å². The molecule has 1 aliphatic heterocycles.